The molecule has 0 amide bonds. The van der Waals surface area contributed by atoms with Gasteiger partial charge in [0, 0.05) is 6.42 Å². The highest BCUT2D eigenvalue weighted by Crippen LogP contribution is 2.30. The molecule has 1 saturated heterocycles. The van der Waals surface area contributed by atoms with Gasteiger partial charge in [-0.05, 0) is 12.8 Å². The fourth-order valence-corrected chi connectivity index (χ4v) is 3.41. The molecule has 1 heterocycles. The fraction of sp³-hybridized carbons (Fsp3) is 1.00. The molecule has 1 aliphatic rings. The van der Waals surface area contributed by atoms with Gasteiger partial charge in [-0.25, -0.2) is 17.2 Å². The van der Waals surface area contributed by atoms with Crippen LogP contribution in [0.3, 0.4) is 0 Å². The largest absolute Gasteiger partial charge is 0.390 e. The monoisotopic (exact) mass is 214 g/mol. The molecule has 0 spiro atoms. The first-order valence-electron chi connectivity index (χ1n) is 4.08. The van der Waals surface area contributed by atoms with Crippen LogP contribution in [0.1, 0.15) is 19.3 Å². The van der Waals surface area contributed by atoms with Crippen molar-refractivity contribution in [3.05, 3.63) is 0 Å². The number of aliphatic hydroxyl groups excluding tert-OH is 1. The summed E-state index contributed by atoms with van der Waals surface area (Å²) in [6, 6.07) is 0. The molecular formula is C7H12F2O3S. The summed E-state index contributed by atoms with van der Waals surface area (Å²) in [7, 11) is -3.32. The average molecular weight is 214 g/mol. The third-order valence-corrected chi connectivity index (χ3v) is 4.50. The van der Waals surface area contributed by atoms with Crippen LogP contribution in [-0.2, 0) is 9.84 Å². The Bertz CT molecular complexity index is 273. The molecule has 0 aromatic heterocycles. The summed E-state index contributed by atoms with van der Waals surface area (Å²) in [5.74, 6) is -3.26. The lowest BCUT2D eigenvalue weighted by molar-refractivity contribution is -0.0566. The van der Waals surface area contributed by atoms with Crippen LogP contribution < -0.4 is 0 Å². The highest BCUT2D eigenvalue weighted by Gasteiger charge is 2.40. The predicted molar refractivity (Wildman–Crippen MR) is 43.5 cm³/mol. The molecular weight excluding hydrogens is 202 g/mol. The van der Waals surface area contributed by atoms with Gasteiger partial charge in [0.2, 0.25) is 0 Å². The molecule has 1 atom stereocenters. The van der Waals surface area contributed by atoms with Crippen LogP contribution in [0.5, 0.6) is 0 Å². The van der Waals surface area contributed by atoms with E-state index in [-0.39, 0.29) is 12.2 Å². The third-order valence-electron chi connectivity index (χ3n) is 2.22. The van der Waals surface area contributed by atoms with Crippen molar-refractivity contribution in [2.45, 2.75) is 30.4 Å². The number of aliphatic hydroxyl groups is 1. The molecule has 13 heavy (non-hydrogen) atoms. The van der Waals surface area contributed by atoms with Crippen molar-refractivity contribution in [3.8, 4) is 0 Å². The van der Waals surface area contributed by atoms with E-state index in [4.69, 9.17) is 5.11 Å². The quantitative estimate of drug-likeness (QED) is 0.747. The minimum atomic E-state index is -3.32. The molecule has 0 aliphatic carbocycles. The maximum Gasteiger partial charge on any atom is 0.271 e. The van der Waals surface area contributed by atoms with Crippen molar-refractivity contribution >= 4 is 9.84 Å². The van der Waals surface area contributed by atoms with Gasteiger partial charge in [-0.2, -0.15) is 0 Å². The van der Waals surface area contributed by atoms with Gasteiger partial charge < -0.3 is 5.11 Å². The number of rotatable bonds is 3. The summed E-state index contributed by atoms with van der Waals surface area (Å²) in [5.41, 5.74) is 0. The Morgan fingerprint density at radius 3 is 2.46 bits per heavy atom. The van der Waals surface area contributed by atoms with Crippen molar-refractivity contribution in [1.29, 1.82) is 0 Å². The van der Waals surface area contributed by atoms with E-state index >= 15 is 0 Å². The summed E-state index contributed by atoms with van der Waals surface area (Å²) >= 11 is 0. The lowest BCUT2D eigenvalue weighted by Gasteiger charge is -2.16. The molecule has 1 aliphatic heterocycles. The van der Waals surface area contributed by atoms with Crippen LogP contribution in [-0.4, -0.2) is 37.1 Å². The Kier molecular flexibility index (Phi) is 2.91. The topological polar surface area (TPSA) is 54.4 Å². The molecule has 1 N–H and O–H groups in total. The molecule has 0 aromatic carbocycles. The molecule has 0 saturated carbocycles. The van der Waals surface area contributed by atoms with E-state index in [2.05, 4.69) is 0 Å². The highest BCUT2D eigenvalue weighted by molar-refractivity contribution is 7.92. The van der Waals surface area contributed by atoms with E-state index in [1.54, 1.807) is 0 Å². The second kappa shape index (κ2) is 3.49. The van der Waals surface area contributed by atoms with E-state index in [0.29, 0.717) is 6.42 Å². The SMILES string of the molecule is O=S1(=O)CCCC1CC(F)(F)CO. The molecule has 0 radical (unpaired) electrons. The van der Waals surface area contributed by atoms with Gasteiger partial charge >= 0.3 is 0 Å². The maximum atomic E-state index is 12.6. The van der Waals surface area contributed by atoms with Crippen LogP contribution in [0, 0.1) is 0 Å². The number of halogens is 2. The Labute approximate surface area is 75.7 Å². The van der Waals surface area contributed by atoms with Crippen molar-refractivity contribution in [2.24, 2.45) is 0 Å². The average Bonchev–Trinajstić information content (AvgIpc) is 2.31. The summed E-state index contributed by atoms with van der Waals surface area (Å²) in [6.07, 6.45) is -0.00172. The van der Waals surface area contributed by atoms with Gasteiger partial charge in [0.05, 0.1) is 11.0 Å². The minimum absolute atomic E-state index is 0.000818. The van der Waals surface area contributed by atoms with Gasteiger partial charge in [-0.15, -0.1) is 0 Å². The number of sulfone groups is 1. The molecule has 1 unspecified atom stereocenters. The van der Waals surface area contributed by atoms with Gasteiger partial charge in [0.25, 0.3) is 5.92 Å². The van der Waals surface area contributed by atoms with Crippen LogP contribution >= 0.6 is 0 Å². The summed E-state index contributed by atoms with van der Waals surface area (Å²) < 4.78 is 47.5. The van der Waals surface area contributed by atoms with E-state index in [1.165, 1.54) is 0 Å². The van der Waals surface area contributed by atoms with Crippen LogP contribution in [0.25, 0.3) is 0 Å². The Hall–Kier alpha value is -0.230. The van der Waals surface area contributed by atoms with Crippen LogP contribution in [0.15, 0.2) is 0 Å². The zero-order chi connectivity index (χ0) is 10.1. The smallest absolute Gasteiger partial charge is 0.271 e. The predicted octanol–water partition coefficient (Wildman–Crippen LogP) is 0.581. The second-order valence-corrected chi connectivity index (χ2v) is 5.75. The van der Waals surface area contributed by atoms with E-state index in [0.717, 1.165) is 0 Å². The number of alkyl halides is 2. The van der Waals surface area contributed by atoms with Crippen molar-refractivity contribution < 1.29 is 22.3 Å². The number of hydrogen-bond acceptors (Lipinski definition) is 3. The first-order valence-corrected chi connectivity index (χ1v) is 5.79. The van der Waals surface area contributed by atoms with Gasteiger partial charge in [-0.1, -0.05) is 0 Å². The Morgan fingerprint density at radius 1 is 1.46 bits per heavy atom. The highest BCUT2D eigenvalue weighted by atomic mass is 32.2. The standard InChI is InChI=1S/C7H12F2O3S/c8-7(9,5-10)4-6-2-1-3-13(6,11)12/h6,10H,1-5H2. The first-order chi connectivity index (χ1) is 5.87. The third kappa shape index (κ3) is 2.60. The van der Waals surface area contributed by atoms with Crippen LogP contribution in [0.2, 0.25) is 0 Å². The Balaban J connectivity index is 2.65. The zero-order valence-electron chi connectivity index (χ0n) is 7.04. The molecule has 1 fully saturated rings. The van der Waals surface area contributed by atoms with Crippen molar-refractivity contribution in [3.63, 3.8) is 0 Å². The lowest BCUT2D eigenvalue weighted by atomic mass is 10.1. The zero-order valence-corrected chi connectivity index (χ0v) is 7.86. The molecule has 1 rings (SSSR count). The van der Waals surface area contributed by atoms with Crippen molar-refractivity contribution in [1.82, 2.24) is 0 Å². The fourth-order valence-electron chi connectivity index (χ4n) is 1.49. The Morgan fingerprint density at radius 2 is 2.08 bits per heavy atom. The lowest BCUT2D eigenvalue weighted by Crippen LogP contribution is -2.30. The normalized spacial score (nSPS) is 27.8. The molecule has 78 valence electrons. The molecule has 0 aromatic rings. The molecule has 3 nitrogen and oxygen atoms in total. The van der Waals surface area contributed by atoms with Crippen LogP contribution in [0.4, 0.5) is 8.78 Å². The summed E-state index contributed by atoms with van der Waals surface area (Å²) in [4.78, 5) is 0. The summed E-state index contributed by atoms with van der Waals surface area (Å²) in [5, 5.41) is 7.32. The van der Waals surface area contributed by atoms with E-state index < -0.39 is 34.0 Å². The number of hydrogen-bond donors (Lipinski definition) is 1. The molecule has 0 bridgehead atoms. The van der Waals surface area contributed by atoms with E-state index in [1.807, 2.05) is 0 Å². The van der Waals surface area contributed by atoms with E-state index in [9.17, 15) is 17.2 Å². The molecule has 6 heteroatoms. The first kappa shape index (κ1) is 10.8. The van der Waals surface area contributed by atoms with Gasteiger partial charge in [0.1, 0.15) is 6.61 Å². The van der Waals surface area contributed by atoms with Gasteiger partial charge in [0.15, 0.2) is 9.84 Å². The van der Waals surface area contributed by atoms with Crippen molar-refractivity contribution in [2.75, 3.05) is 12.4 Å². The maximum absolute atomic E-state index is 12.6. The summed E-state index contributed by atoms with van der Waals surface area (Å²) in [6.45, 7) is -1.28. The minimum Gasteiger partial charge on any atom is -0.390 e. The second-order valence-electron chi connectivity index (χ2n) is 3.35. The van der Waals surface area contributed by atoms with Gasteiger partial charge in [-0.3, -0.25) is 0 Å².